The number of amides is 1. The van der Waals surface area contributed by atoms with Gasteiger partial charge in [-0.25, -0.2) is 8.42 Å². The minimum Gasteiger partial charge on any atom is -0.375 e. The molecule has 0 radical (unpaired) electrons. The van der Waals surface area contributed by atoms with E-state index < -0.39 is 14.9 Å². The summed E-state index contributed by atoms with van der Waals surface area (Å²) in [6, 6.07) is 9.71. The average molecular weight is 379 g/mol. The third-order valence-electron chi connectivity index (χ3n) is 3.36. The summed E-state index contributed by atoms with van der Waals surface area (Å²) in [5.41, 5.74) is 0.649. The molecule has 2 aromatic carbocycles. The second-order valence-corrected chi connectivity index (χ2v) is 7.06. The summed E-state index contributed by atoms with van der Waals surface area (Å²) in [5.74, 6) is -0.387. The van der Waals surface area contributed by atoms with Crippen LogP contribution in [0.25, 0.3) is 0 Å². The van der Waals surface area contributed by atoms with E-state index in [0.717, 1.165) is 6.07 Å². The van der Waals surface area contributed by atoms with E-state index in [1.807, 2.05) is 0 Å². The van der Waals surface area contributed by atoms with Gasteiger partial charge in [0.2, 0.25) is 5.91 Å². The third-order valence-corrected chi connectivity index (χ3v) is 4.74. The number of ether oxygens (including phenoxy) is 1. The fourth-order valence-corrected chi connectivity index (χ4v) is 3.22. The Morgan fingerprint density at radius 3 is 2.54 bits per heavy atom. The summed E-state index contributed by atoms with van der Waals surface area (Å²) in [5, 5.41) is 13.6. The van der Waals surface area contributed by atoms with Crippen LogP contribution in [0.15, 0.2) is 47.4 Å². The Balaban J connectivity index is 2.26. The van der Waals surface area contributed by atoms with E-state index in [4.69, 9.17) is 4.74 Å². The number of nitro groups is 1. The summed E-state index contributed by atoms with van der Waals surface area (Å²) >= 11 is 0. The van der Waals surface area contributed by atoms with Gasteiger partial charge in [0.15, 0.2) is 0 Å². The molecule has 0 aromatic heterocycles. The van der Waals surface area contributed by atoms with Crippen molar-refractivity contribution in [2.75, 3.05) is 23.8 Å². The summed E-state index contributed by atoms with van der Waals surface area (Å²) in [4.78, 5) is 21.7. The number of nitrogens with one attached hydrogen (secondary N) is 2. The van der Waals surface area contributed by atoms with Crippen molar-refractivity contribution >= 4 is 33.0 Å². The number of nitrogens with zero attached hydrogens (tertiary/aromatic N) is 1. The second kappa shape index (κ2) is 7.93. The lowest BCUT2D eigenvalue weighted by Gasteiger charge is -2.10. The minimum atomic E-state index is -4.03. The number of methoxy groups -OCH3 is 1. The number of hydrogen-bond acceptors (Lipinski definition) is 6. The zero-order valence-corrected chi connectivity index (χ0v) is 14.9. The number of sulfonamides is 1. The molecule has 0 heterocycles. The highest BCUT2D eigenvalue weighted by molar-refractivity contribution is 7.92. The molecule has 0 aliphatic heterocycles. The van der Waals surface area contributed by atoms with Gasteiger partial charge in [0.1, 0.15) is 6.61 Å². The first-order valence-electron chi connectivity index (χ1n) is 7.39. The number of benzene rings is 2. The van der Waals surface area contributed by atoms with Crippen molar-refractivity contribution in [1.29, 1.82) is 0 Å². The zero-order valence-electron chi connectivity index (χ0n) is 14.1. The number of carbonyl (C=O) groups excluding carboxylic acids is 1. The third kappa shape index (κ3) is 4.77. The van der Waals surface area contributed by atoms with Crippen molar-refractivity contribution in [3.63, 3.8) is 0 Å². The molecule has 1 amide bonds. The van der Waals surface area contributed by atoms with Crippen LogP contribution >= 0.6 is 0 Å². The molecule has 26 heavy (non-hydrogen) atoms. The summed E-state index contributed by atoms with van der Waals surface area (Å²) < 4.78 is 32.0. The number of nitro benzene ring substituents is 1. The summed E-state index contributed by atoms with van der Waals surface area (Å²) in [7, 11) is -2.65. The van der Waals surface area contributed by atoms with Crippen LogP contribution in [0.2, 0.25) is 0 Å². The molecule has 2 N–H and O–H groups in total. The predicted octanol–water partition coefficient (Wildman–Crippen LogP) is 2.29. The highest BCUT2D eigenvalue weighted by Crippen LogP contribution is 2.24. The molecule has 2 aromatic rings. The summed E-state index contributed by atoms with van der Waals surface area (Å²) in [6.45, 7) is 1.39. The van der Waals surface area contributed by atoms with E-state index in [2.05, 4.69) is 10.0 Å². The van der Waals surface area contributed by atoms with Crippen molar-refractivity contribution in [3.05, 3.63) is 58.1 Å². The molecule has 0 bridgehead atoms. The fraction of sp³-hybridized carbons (Fsp3) is 0.188. The lowest BCUT2D eigenvalue weighted by atomic mass is 10.2. The van der Waals surface area contributed by atoms with Gasteiger partial charge in [0.25, 0.3) is 15.7 Å². The largest absolute Gasteiger partial charge is 0.375 e. The van der Waals surface area contributed by atoms with Crippen molar-refractivity contribution in [2.45, 2.75) is 11.8 Å². The molecule has 0 atom stereocenters. The van der Waals surface area contributed by atoms with Gasteiger partial charge in [-0.05, 0) is 31.2 Å². The molecule has 0 fully saturated rings. The van der Waals surface area contributed by atoms with Crippen LogP contribution in [0.3, 0.4) is 0 Å². The molecule has 0 saturated heterocycles. The maximum absolute atomic E-state index is 12.5. The number of anilines is 2. The van der Waals surface area contributed by atoms with Gasteiger partial charge in [-0.15, -0.1) is 0 Å². The van der Waals surface area contributed by atoms with Crippen LogP contribution < -0.4 is 10.0 Å². The van der Waals surface area contributed by atoms with Gasteiger partial charge in [-0.2, -0.15) is 0 Å². The Morgan fingerprint density at radius 1 is 1.19 bits per heavy atom. The summed E-state index contributed by atoms with van der Waals surface area (Å²) in [6.07, 6.45) is 0. The Morgan fingerprint density at radius 2 is 1.88 bits per heavy atom. The van der Waals surface area contributed by atoms with E-state index in [-0.39, 0.29) is 28.8 Å². The van der Waals surface area contributed by atoms with Gasteiger partial charge in [0, 0.05) is 24.4 Å². The quantitative estimate of drug-likeness (QED) is 0.561. The maximum Gasteiger partial charge on any atom is 0.273 e. The van der Waals surface area contributed by atoms with E-state index in [1.54, 1.807) is 12.1 Å². The topological polar surface area (TPSA) is 128 Å². The molecule has 2 rings (SSSR count). The van der Waals surface area contributed by atoms with Gasteiger partial charge >= 0.3 is 0 Å². The number of aryl methyl sites for hydroxylation is 1. The van der Waals surface area contributed by atoms with Crippen LogP contribution in [-0.2, 0) is 19.6 Å². The van der Waals surface area contributed by atoms with E-state index in [9.17, 15) is 23.3 Å². The van der Waals surface area contributed by atoms with Gasteiger partial charge in [-0.3, -0.25) is 19.6 Å². The molecule has 0 aliphatic carbocycles. The van der Waals surface area contributed by atoms with Gasteiger partial charge < -0.3 is 10.1 Å². The van der Waals surface area contributed by atoms with Crippen LogP contribution in [0.5, 0.6) is 0 Å². The average Bonchev–Trinajstić information content (AvgIpc) is 2.54. The first kappa shape index (κ1) is 19.3. The molecule has 9 nitrogen and oxygen atoms in total. The highest BCUT2D eigenvalue weighted by Gasteiger charge is 2.20. The lowest BCUT2D eigenvalue weighted by Crippen LogP contribution is -2.17. The molecule has 10 heteroatoms. The Bertz CT molecular complexity index is 943. The molecule has 0 saturated carbocycles. The van der Waals surface area contributed by atoms with Crippen LogP contribution in [0.4, 0.5) is 17.1 Å². The number of rotatable bonds is 7. The van der Waals surface area contributed by atoms with Gasteiger partial charge in [0.05, 0.1) is 15.5 Å². The van der Waals surface area contributed by atoms with E-state index in [0.29, 0.717) is 11.3 Å². The first-order chi connectivity index (χ1) is 12.2. The number of carbonyl (C=O) groups is 1. The minimum absolute atomic E-state index is 0.136. The Kier molecular flexibility index (Phi) is 5.90. The van der Waals surface area contributed by atoms with Crippen molar-refractivity contribution in [1.82, 2.24) is 0 Å². The molecule has 0 aliphatic rings. The SMILES string of the molecule is COCC(=O)Nc1cccc(NS(=O)(=O)c2ccc(C)c([N+](=O)[O-])c2)c1. The predicted molar refractivity (Wildman–Crippen MR) is 95.6 cm³/mol. The lowest BCUT2D eigenvalue weighted by molar-refractivity contribution is -0.385. The van der Waals surface area contributed by atoms with Gasteiger partial charge in [-0.1, -0.05) is 12.1 Å². The smallest absolute Gasteiger partial charge is 0.273 e. The fourth-order valence-electron chi connectivity index (χ4n) is 2.16. The standard InChI is InChI=1S/C16H17N3O6S/c1-11-6-7-14(9-15(11)19(21)22)26(23,24)18-13-5-3-4-12(8-13)17-16(20)10-25-2/h3-9,18H,10H2,1-2H3,(H,17,20). The van der Waals surface area contributed by atoms with E-state index >= 15 is 0 Å². The van der Waals surface area contributed by atoms with Crippen LogP contribution in [0, 0.1) is 17.0 Å². The maximum atomic E-state index is 12.5. The zero-order chi connectivity index (χ0) is 19.3. The van der Waals surface area contributed by atoms with Crippen molar-refractivity contribution in [3.8, 4) is 0 Å². The molecular formula is C16H17N3O6S. The van der Waals surface area contributed by atoms with E-state index in [1.165, 1.54) is 38.3 Å². The molecule has 0 spiro atoms. The highest BCUT2D eigenvalue weighted by atomic mass is 32.2. The van der Waals surface area contributed by atoms with Crippen LogP contribution in [0.1, 0.15) is 5.56 Å². The Hall–Kier alpha value is -2.98. The second-order valence-electron chi connectivity index (χ2n) is 5.37. The molecule has 0 unspecified atom stereocenters. The normalized spacial score (nSPS) is 11.0. The van der Waals surface area contributed by atoms with Crippen molar-refractivity contribution in [2.24, 2.45) is 0 Å². The van der Waals surface area contributed by atoms with Crippen molar-refractivity contribution < 1.29 is 22.9 Å². The number of hydrogen-bond donors (Lipinski definition) is 2. The molecular weight excluding hydrogens is 362 g/mol. The Labute approximate surface area is 150 Å². The monoisotopic (exact) mass is 379 g/mol. The first-order valence-corrected chi connectivity index (χ1v) is 8.88. The van der Waals surface area contributed by atoms with Crippen LogP contribution in [-0.4, -0.2) is 33.0 Å². The molecule has 138 valence electrons.